The van der Waals surface area contributed by atoms with Crippen LogP contribution in [-0.4, -0.2) is 16.7 Å². The number of hydrogen-bond donors (Lipinski definition) is 3. The molecule has 0 radical (unpaired) electrons. The van der Waals surface area contributed by atoms with Crippen molar-refractivity contribution in [2.24, 2.45) is 10.8 Å². The number of hydrogen-bond acceptors (Lipinski definition) is 3. The van der Waals surface area contributed by atoms with Crippen LogP contribution in [0.15, 0.2) is 33.8 Å². The summed E-state index contributed by atoms with van der Waals surface area (Å²) in [5.41, 5.74) is 8.31. The number of anilines is 1. The van der Waals surface area contributed by atoms with Crippen LogP contribution in [-0.2, 0) is 0 Å². The summed E-state index contributed by atoms with van der Waals surface area (Å²) < 4.78 is 0.981. The third-order valence-electron chi connectivity index (χ3n) is 1.76. The highest BCUT2D eigenvalue weighted by Crippen LogP contribution is 2.14. The summed E-state index contributed by atoms with van der Waals surface area (Å²) in [5, 5.41) is 6.70. The van der Waals surface area contributed by atoms with E-state index in [0.29, 0.717) is 10.7 Å². The van der Waals surface area contributed by atoms with Gasteiger partial charge in [-0.1, -0.05) is 28.1 Å². The van der Waals surface area contributed by atoms with Gasteiger partial charge in [0.25, 0.3) is 0 Å². The molecule has 1 aromatic rings. The first-order chi connectivity index (χ1) is 7.99. The zero-order valence-electron chi connectivity index (χ0n) is 9.03. The van der Waals surface area contributed by atoms with Crippen LogP contribution in [0, 0.1) is 0 Å². The highest BCUT2D eigenvalue weighted by molar-refractivity contribution is 9.10. The number of thiocarbonyl (C=S) groups is 1. The fourth-order valence-corrected chi connectivity index (χ4v) is 1.37. The van der Waals surface area contributed by atoms with E-state index in [0.717, 1.165) is 10.2 Å². The molecule has 1 aromatic carbocycles. The van der Waals surface area contributed by atoms with Gasteiger partial charge in [0.2, 0.25) is 0 Å². The first-order valence-corrected chi connectivity index (χ1v) is 5.86. The van der Waals surface area contributed by atoms with Gasteiger partial charge < -0.3 is 11.1 Å². The standard InChI is InChI=1S/C10H11BrN4OS/c1-6(14-15-10(12)16)9(17)13-8-4-2-7(11)3-5-8/h2-5H,1H3,(H,13,17)(H3,12,15,16)/b14-6-. The molecule has 0 aliphatic heterocycles. The lowest BCUT2D eigenvalue weighted by molar-refractivity contribution is 0.249. The lowest BCUT2D eigenvalue weighted by atomic mass is 10.3. The zero-order valence-corrected chi connectivity index (χ0v) is 11.4. The highest BCUT2D eigenvalue weighted by Gasteiger charge is 2.02. The first kappa shape index (κ1) is 13.6. The molecule has 0 bridgehead atoms. The van der Waals surface area contributed by atoms with Crippen molar-refractivity contribution in [3.05, 3.63) is 28.7 Å². The molecule has 1 rings (SSSR count). The quantitative estimate of drug-likeness (QED) is 0.455. The molecule has 0 atom stereocenters. The molecule has 0 fully saturated rings. The van der Waals surface area contributed by atoms with Crippen LogP contribution >= 0.6 is 28.1 Å². The molecule has 90 valence electrons. The minimum absolute atomic E-state index is 0.418. The van der Waals surface area contributed by atoms with Gasteiger partial charge in [-0.2, -0.15) is 5.10 Å². The Hall–Kier alpha value is -1.47. The topological polar surface area (TPSA) is 79.5 Å². The van der Waals surface area contributed by atoms with E-state index < -0.39 is 6.03 Å². The van der Waals surface area contributed by atoms with Crippen LogP contribution < -0.4 is 16.5 Å². The van der Waals surface area contributed by atoms with Gasteiger partial charge >= 0.3 is 6.03 Å². The number of nitrogens with one attached hydrogen (secondary N) is 2. The van der Waals surface area contributed by atoms with Gasteiger partial charge in [0, 0.05) is 10.2 Å². The maximum absolute atomic E-state index is 10.5. The number of primary amides is 1. The van der Waals surface area contributed by atoms with E-state index in [1.807, 2.05) is 24.3 Å². The number of rotatable bonds is 3. The SMILES string of the molecule is C/C(=N/NC(N)=O)C(=S)Nc1ccc(Br)cc1. The van der Waals surface area contributed by atoms with Crippen LogP contribution in [0.4, 0.5) is 10.5 Å². The average molecular weight is 315 g/mol. The number of carbonyl (C=O) groups is 1. The number of nitrogens with two attached hydrogens (primary N) is 1. The summed E-state index contributed by atoms with van der Waals surface area (Å²) in [5.74, 6) is 0. The van der Waals surface area contributed by atoms with Gasteiger partial charge in [-0.15, -0.1) is 0 Å². The molecule has 0 saturated heterocycles. The average Bonchev–Trinajstić information content (AvgIpc) is 2.28. The normalized spacial score (nSPS) is 10.8. The summed E-state index contributed by atoms with van der Waals surface area (Å²) in [6.45, 7) is 1.67. The van der Waals surface area contributed by atoms with E-state index in [1.165, 1.54) is 0 Å². The van der Waals surface area contributed by atoms with Crippen molar-refractivity contribution >= 4 is 50.6 Å². The Morgan fingerprint density at radius 1 is 1.41 bits per heavy atom. The predicted molar refractivity (Wildman–Crippen MR) is 76.2 cm³/mol. The molecule has 0 heterocycles. The Labute approximate surface area is 113 Å². The summed E-state index contributed by atoms with van der Waals surface area (Å²) in [6, 6.07) is 6.78. The van der Waals surface area contributed by atoms with Crippen LogP contribution in [0.1, 0.15) is 6.92 Å². The predicted octanol–water partition coefficient (Wildman–Crippen LogP) is 2.23. The van der Waals surface area contributed by atoms with Crippen molar-refractivity contribution in [3.63, 3.8) is 0 Å². The number of benzene rings is 1. The minimum Gasteiger partial charge on any atom is -0.350 e. The molecule has 7 heteroatoms. The lowest BCUT2D eigenvalue weighted by Gasteiger charge is -2.07. The summed E-state index contributed by atoms with van der Waals surface area (Å²) in [4.78, 5) is 10.9. The van der Waals surface area contributed by atoms with Crippen LogP contribution in [0.5, 0.6) is 0 Å². The van der Waals surface area contributed by atoms with Gasteiger partial charge in [-0.05, 0) is 31.2 Å². The molecule has 0 spiro atoms. The summed E-state index contributed by atoms with van der Waals surface area (Å²) in [7, 11) is 0. The van der Waals surface area contributed by atoms with Crippen molar-refractivity contribution in [1.82, 2.24) is 5.43 Å². The largest absolute Gasteiger partial charge is 0.350 e. The van der Waals surface area contributed by atoms with E-state index in [4.69, 9.17) is 18.0 Å². The molecule has 0 unspecified atom stereocenters. The van der Waals surface area contributed by atoms with E-state index in [-0.39, 0.29) is 0 Å². The van der Waals surface area contributed by atoms with Crippen LogP contribution in [0.3, 0.4) is 0 Å². The second kappa shape index (κ2) is 6.31. The number of urea groups is 1. The second-order valence-electron chi connectivity index (χ2n) is 3.13. The van der Waals surface area contributed by atoms with Gasteiger partial charge in [-0.3, -0.25) is 0 Å². The smallest absolute Gasteiger partial charge is 0.332 e. The Kier molecular flexibility index (Phi) is 5.05. The summed E-state index contributed by atoms with van der Waals surface area (Å²) in [6.07, 6.45) is 0. The van der Waals surface area contributed by atoms with E-state index in [2.05, 4.69) is 31.8 Å². The second-order valence-corrected chi connectivity index (χ2v) is 4.46. The molecular formula is C10H11BrN4OS. The van der Waals surface area contributed by atoms with Crippen molar-refractivity contribution in [3.8, 4) is 0 Å². The first-order valence-electron chi connectivity index (χ1n) is 4.65. The zero-order chi connectivity index (χ0) is 12.8. The van der Waals surface area contributed by atoms with Gasteiger partial charge in [0.05, 0.1) is 5.71 Å². The number of nitrogens with zero attached hydrogens (tertiary/aromatic N) is 1. The van der Waals surface area contributed by atoms with Gasteiger partial charge in [-0.25, -0.2) is 10.2 Å². The fourth-order valence-electron chi connectivity index (χ4n) is 0.944. The van der Waals surface area contributed by atoms with Crippen molar-refractivity contribution in [2.75, 3.05) is 5.32 Å². The Morgan fingerprint density at radius 2 is 2.00 bits per heavy atom. The Balaban J connectivity index is 2.63. The van der Waals surface area contributed by atoms with E-state index in [9.17, 15) is 4.79 Å². The third-order valence-corrected chi connectivity index (χ3v) is 2.69. The molecule has 0 aliphatic rings. The van der Waals surface area contributed by atoms with E-state index >= 15 is 0 Å². The maximum Gasteiger partial charge on any atom is 0.332 e. The molecule has 0 aromatic heterocycles. The lowest BCUT2D eigenvalue weighted by Crippen LogP contribution is -2.28. The number of carbonyl (C=O) groups excluding carboxylic acids is 1. The molecular weight excluding hydrogens is 304 g/mol. The molecule has 2 amide bonds. The molecule has 17 heavy (non-hydrogen) atoms. The number of hydrazone groups is 1. The molecule has 0 saturated carbocycles. The van der Waals surface area contributed by atoms with Crippen molar-refractivity contribution in [1.29, 1.82) is 0 Å². The summed E-state index contributed by atoms with van der Waals surface area (Å²) >= 11 is 8.43. The minimum atomic E-state index is -0.726. The molecule has 4 N–H and O–H groups in total. The monoisotopic (exact) mass is 314 g/mol. The molecule has 0 aliphatic carbocycles. The Morgan fingerprint density at radius 3 is 2.53 bits per heavy atom. The van der Waals surface area contributed by atoms with Crippen molar-refractivity contribution < 1.29 is 4.79 Å². The van der Waals surface area contributed by atoms with Crippen molar-refractivity contribution in [2.45, 2.75) is 6.92 Å². The van der Waals surface area contributed by atoms with Crippen LogP contribution in [0.2, 0.25) is 0 Å². The van der Waals surface area contributed by atoms with E-state index in [1.54, 1.807) is 6.92 Å². The van der Waals surface area contributed by atoms with Crippen LogP contribution in [0.25, 0.3) is 0 Å². The maximum atomic E-state index is 10.5. The van der Waals surface area contributed by atoms with Gasteiger partial charge in [0.1, 0.15) is 4.99 Å². The Bertz CT molecular complexity index is 458. The number of halogens is 1. The highest BCUT2D eigenvalue weighted by atomic mass is 79.9. The molecule has 5 nitrogen and oxygen atoms in total. The number of amides is 2. The van der Waals surface area contributed by atoms with Gasteiger partial charge in [0.15, 0.2) is 0 Å². The fraction of sp³-hybridized carbons (Fsp3) is 0.100. The third kappa shape index (κ3) is 4.92.